The summed E-state index contributed by atoms with van der Waals surface area (Å²) in [5.41, 5.74) is 3.58. The van der Waals surface area contributed by atoms with Crippen LogP contribution in [0.15, 0.2) is 42.5 Å². The predicted molar refractivity (Wildman–Crippen MR) is 75.8 cm³/mol. The van der Waals surface area contributed by atoms with Gasteiger partial charge in [0.25, 0.3) is 0 Å². The molecule has 19 heavy (non-hydrogen) atoms. The summed E-state index contributed by atoms with van der Waals surface area (Å²) < 4.78 is 13.3. The van der Waals surface area contributed by atoms with Gasteiger partial charge in [-0.15, -0.1) is 0 Å². The minimum absolute atomic E-state index is 0.0427. The average molecular weight is 259 g/mol. The van der Waals surface area contributed by atoms with Crippen LogP contribution in [0.2, 0.25) is 0 Å². The summed E-state index contributed by atoms with van der Waals surface area (Å²) in [5.74, 6) is -0.226. The van der Waals surface area contributed by atoms with E-state index in [9.17, 15) is 9.50 Å². The van der Waals surface area contributed by atoms with Crippen molar-refractivity contribution in [1.29, 1.82) is 0 Å². The maximum atomic E-state index is 13.3. The van der Waals surface area contributed by atoms with Crippen LogP contribution in [0.5, 0.6) is 0 Å². The first-order valence-electron chi connectivity index (χ1n) is 6.30. The molecule has 2 rings (SSSR count). The fourth-order valence-electron chi connectivity index (χ4n) is 1.97. The predicted octanol–water partition coefficient (Wildman–Crippen LogP) is 3.59. The number of aliphatic hydroxyl groups is 1. The fraction of sp³-hybridized carbons (Fsp3) is 0.250. The topological polar surface area (TPSA) is 32.3 Å². The van der Waals surface area contributed by atoms with Crippen molar-refractivity contribution in [1.82, 2.24) is 0 Å². The number of nitrogens with one attached hydrogen (secondary N) is 1. The molecule has 0 spiro atoms. The molecule has 2 nitrogen and oxygen atoms in total. The monoisotopic (exact) mass is 259 g/mol. The van der Waals surface area contributed by atoms with Crippen LogP contribution < -0.4 is 5.32 Å². The lowest BCUT2D eigenvalue weighted by Crippen LogP contribution is -2.15. The Balaban J connectivity index is 2.19. The van der Waals surface area contributed by atoms with Gasteiger partial charge in [0.1, 0.15) is 5.82 Å². The first kappa shape index (κ1) is 13.6. The Morgan fingerprint density at radius 3 is 2.37 bits per heavy atom. The lowest BCUT2D eigenvalue weighted by Gasteiger charge is -2.19. The van der Waals surface area contributed by atoms with Gasteiger partial charge in [-0.1, -0.05) is 29.8 Å². The van der Waals surface area contributed by atoms with Crippen molar-refractivity contribution >= 4 is 5.69 Å². The molecule has 1 unspecified atom stereocenters. The quantitative estimate of drug-likeness (QED) is 0.879. The molecular weight excluding hydrogens is 241 g/mol. The van der Waals surface area contributed by atoms with Crippen molar-refractivity contribution in [2.75, 3.05) is 11.9 Å². The summed E-state index contributed by atoms with van der Waals surface area (Å²) in [6.45, 7) is 3.70. The highest BCUT2D eigenvalue weighted by molar-refractivity contribution is 5.47. The van der Waals surface area contributed by atoms with E-state index in [4.69, 9.17) is 0 Å². The minimum Gasteiger partial charge on any atom is -0.394 e. The van der Waals surface area contributed by atoms with Crippen LogP contribution in [0.4, 0.5) is 10.1 Å². The average Bonchev–Trinajstić information content (AvgIpc) is 2.41. The molecule has 0 saturated heterocycles. The van der Waals surface area contributed by atoms with Crippen LogP contribution in [0.3, 0.4) is 0 Å². The number of aryl methyl sites for hydroxylation is 2. The fourth-order valence-corrected chi connectivity index (χ4v) is 1.97. The molecule has 0 amide bonds. The van der Waals surface area contributed by atoms with E-state index in [1.165, 1.54) is 11.6 Å². The zero-order valence-electron chi connectivity index (χ0n) is 11.2. The second kappa shape index (κ2) is 5.85. The molecule has 0 aliphatic carbocycles. The van der Waals surface area contributed by atoms with Gasteiger partial charge in [-0.3, -0.25) is 0 Å². The van der Waals surface area contributed by atoms with E-state index in [2.05, 4.69) is 5.32 Å². The van der Waals surface area contributed by atoms with Crippen LogP contribution in [0, 0.1) is 19.7 Å². The van der Waals surface area contributed by atoms with E-state index >= 15 is 0 Å². The number of benzene rings is 2. The highest BCUT2D eigenvalue weighted by atomic mass is 19.1. The van der Waals surface area contributed by atoms with Crippen molar-refractivity contribution < 1.29 is 9.50 Å². The summed E-state index contributed by atoms with van der Waals surface area (Å²) >= 11 is 0. The third-order valence-electron chi connectivity index (χ3n) is 3.16. The molecule has 2 aromatic rings. The van der Waals surface area contributed by atoms with Crippen LogP contribution in [-0.4, -0.2) is 11.7 Å². The lowest BCUT2D eigenvalue weighted by molar-refractivity contribution is 0.276. The van der Waals surface area contributed by atoms with Crippen molar-refractivity contribution in [2.45, 2.75) is 19.9 Å². The van der Waals surface area contributed by atoms with Crippen LogP contribution in [-0.2, 0) is 0 Å². The molecule has 0 bridgehead atoms. The van der Waals surface area contributed by atoms with Gasteiger partial charge in [0.05, 0.1) is 12.6 Å². The van der Waals surface area contributed by atoms with Gasteiger partial charge in [0.2, 0.25) is 0 Å². The molecule has 1 atom stereocenters. The SMILES string of the molecule is Cc1ccc(NC(CO)c2ccc(F)c(C)c2)cc1. The Morgan fingerprint density at radius 1 is 1.11 bits per heavy atom. The summed E-state index contributed by atoms with van der Waals surface area (Å²) in [7, 11) is 0. The Kier molecular flexibility index (Phi) is 4.17. The maximum Gasteiger partial charge on any atom is 0.126 e. The highest BCUT2D eigenvalue weighted by Gasteiger charge is 2.11. The van der Waals surface area contributed by atoms with Gasteiger partial charge in [0, 0.05) is 5.69 Å². The second-order valence-electron chi connectivity index (χ2n) is 4.75. The third-order valence-corrected chi connectivity index (χ3v) is 3.16. The smallest absolute Gasteiger partial charge is 0.126 e. The zero-order chi connectivity index (χ0) is 13.8. The molecule has 3 heteroatoms. The standard InChI is InChI=1S/C16H18FNO/c1-11-3-6-14(7-4-11)18-16(10-19)13-5-8-15(17)12(2)9-13/h3-9,16,18-19H,10H2,1-2H3. The Hall–Kier alpha value is -1.87. The molecular formula is C16H18FNO. The number of anilines is 1. The normalized spacial score (nSPS) is 12.2. The molecule has 0 radical (unpaired) electrons. The molecule has 2 N–H and O–H groups in total. The second-order valence-corrected chi connectivity index (χ2v) is 4.75. The number of hydrogen-bond acceptors (Lipinski definition) is 2. The Bertz CT molecular complexity index is 551. The molecule has 0 aromatic heterocycles. The molecule has 2 aromatic carbocycles. The van der Waals surface area contributed by atoms with E-state index < -0.39 is 0 Å². The Labute approximate surface area is 112 Å². The highest BCUT2D eigenvalue weighted by Crippen LogP contribution is 2.21. The first-order chi connectivity index (χ1) is 9.10. The first-order valence-corrected chi connectivity index (χ1v) is 6.30. The van der Waals surface area contributed by atoms with Crippen molar-refractivity contribution in [3.8, 4) is 0 Å². The number of rotatable bonds is 4. The summed E-state index contributed by atoms with van der Waals surface area (Å²) in [6.07, 6.45) is 0. The largest absolute Gasteiger partial charge is 0.394 e. The summed E-state index contributed by atoms with van der Waals surface area (Å²) in [4.78, 5) is 0. The van der Waals surface area contributed by atoms with Gasteiger partial charge in [-0.25, -0.2) is 4.39 Å². The number of aliphatic hydroxyl groups excluding tert-OH is 1. The molecule has 0 fully saturated rings. The summed E-state index contributed by atoms with van der Waals surface area (Å²) in [5, 5.41) is 12.7. The molecule has 0 aliphatic heterocycles. The van der Waals surface area contributed by atoms with Crippen molar-refractivity contribution in [3.05, 3.63) is 65.0 Å². The van der Waals surface area contributed by atoms with Crippen LogP contribution in [0.25, 0.3) is 0 Å². The molecule has 0 heterocycles. The number of hydrogen-bond donors (Lipinski definition) is 2. The Morgan fingerprint density at radius 2 is 1.79 bits per heavy atom. The van der Waals surface area contributed by atoms with Gasteiger partial charge in [0.15, 0.2) is 0 Å². The van der Waals surface area contributed by atoms with Crippen molar-refractivity contribution in [3.63, 3.8) is 0 Å². The van der Waals surface area contributed by atoms with E-state index in [1.807, 2.05) is 31.2 Å². The molecule has 100 valence electrons. The minimum atomic E-state index is -0.234. The zero-order valence-corrected chi connectivity index (χ0v) is 11.2. The molecule has 0 aliphatic rings. The van der Waals surface area contributed by atoms with Gasteiger partial charge >= 0.3 is 0 Å². The van der Waals surface area contributed by atoms with Gasteiger partial charge in [-0.2, -0.15) is 0 Å². The van der Waals surface area contributed by atoms with E-state index in [0.29, 0.717) is 5.56 Å². The van der Waals surface area contributed by atoms with Gasteiger partial charge < -0.3 is 10.4 Å². The van der Waals surface area contributed by atoms with Gasteiger partial charge in [-0.05, 0) is 43.2 Å². The third kappa shape index (κ3) is 3.32. The van der Waals surface area contributed by atoms with Crippen LogP contribution >= 0.6 is 0 Å². The summed E-state index contributed by atoms with van der Waals surface area (Å²) in [6, 6.07) is 12.6. The number of halogens is 1. The van der Waals surface area contributed by atoms with E-state index in [1.54, 1.807) is 19.1 Å². The van der Waals surface area contributed by atoms with E-state index in [-0.39, 0.29) is 18.5 Å². The molecule has 0 saturated carbocycles. The lowest BCUT2D eigenvalue weighted by atomic mass is 10.0. The van der Waals surface area contributed by atoms with Crippen molar-refractivity contribution in [2.24, 2.45) is 0 Å². The maximum absolute atomic E-state index is 13.3. The van der Waals surface area contributed by atoms with Crippen LogP contribution in [0.1, 0.15) is 22.7 Å². The van der Waals surface area contributed by atoms with E-state index in [0.717, 1.165) is 11.3 Å².